The van der Waals surface area contributed by atoms with Gasteiger partial charge in [0.2, 0.25) is 5.91 Å². The fourth-order valence-corrected chi connectivity index (χ4v) is 6.10. The van der Waals surface area contributed by atoms with Crippen LogP contribution in [0.25, 0.3) is 22.5 Å². The Morgan fingerprint density at radius 1 is 0.933 bits per heavy atom. The highest BCUT2D eigenvalue weighted by molar-refractivity contribution is 5.86. The molecule has 2 aromatic heterocycles. The van der Waals surface area contributed by atoms with Gasteiger partial charge in [0.1, 0.15) is 17.7 Å². The van der Waals surface area contributed by atoms with Crippen molar-refractivity contribution >= 4 is 12.0 Å². The molecule has 2 saturated heterocycles. The number of imidazole rings is 2. The zero-order valence-electron chi connectivity index (χ0n) is 25.9. The molecule has 0 spiro atoms. The van der Waals surface area contributed by atoms with Gasteiger partial charge in [-0.3, -0.25) is 4.79 Å². The molecule has 10 nitrogen and oxygen atoms in total. The summed E-state index contributed by atoms with van der Waals surface area (Å²) in [5.41, 5.74) is 5.66. The van der Waals surface area contributed by atoms with Gasteiger partial charge in [0.25, 0.3) is 0 Å². The van der Waals surface area contributed by atoms with Crippen LogP contribution in [0.3, 0.4) is 0 Å². The Morgan fingerprint density at radius 3 is 2.18 bits per heavy atom. The highest BCUT2D eigenvalue weighted by Crippen LogP contribution is 2.33. The maximum absolute atomic E-state index is 13.5. The van der Waals surface area contributed by atoms with Crippen LogP contribution in [0.1, 0.15) is 74.4 Å². The SMILES string of the molecule is COC(=O)N[C@H](C(=O)N1CCC[C@H]1c1ncc(-c2cccc(C#Cc3cccc(-c4cnc([C@@H]5CCCN5)[nH]4)c3)c2)[nH]1)C(C)C. The summed E-state index contributed by atoms with van der Waals surface area (Å²) < 4.78 is 4.75. The predicted octanol–water partition coefficient (Wildman–Crippen LogP) is 5.34. The maximum atomic E-state index is 13.5. The van der Waals surface area contributed by atoms with Gasteiger partial charge in [-0.1, -0.05) is 50.0 Å². The molecule has 0 unspecified atom stereocenters. The Bertz CT molecular complexity index is 1720. The van der Waals surface area contributed by atoms with E-state index >= 15 is 0 Å². The highest BCUT2D eigenvalue weighted by Gasteiger charge is 2.37. The van der Waals surface area contributed by atoms with E-state index in [1.54, 1.807) is 6.20 Å². The molecule has 0 aliphatic carbocycles. The first-order chi connectivity index (χ1) is 21.9. The standard InChI is InChI=1S/C35H39N7O3/c1-22(2)31(41-35(44)45-3)34(43)42-17-7-13-30(42)33-38-21-29(40-33)26-11-5-9-24(19-26)15-14-23-8-4-10-25(18-23)28-20-37-32(39-28)27-12-6-16-36-27/h4-5,8-11,18-22,27,30-31,36H,6-7,12-13,16-17H2,1-3H3,(H,37,39)(H,38,40)(H,41,44)/t27-,30-,31-/m0/s1. The summed E-state index contributed by atoms with van der Waals surface area (Å²) in [5.74, 6) is 8.12. The van der Waals surface area contributed by atoms with E-state index < -0.39 is 12.1 Å². The number of nitrogens with zero attached hydrogens (tertiary/aromatic N) is 3. The van der Waals surface area contributed by atoms with Gasteiger partial charge in [-0.25, -0.2) is 14.8 Å². The molecular formula is C35H39N7O3. The van der Waals surface area contributed by atoms with Crippen molar-refractivity contribution in [1.29, 1.82) is 0 Å². The largest absolute Gasteiger partial charge is 0.453 e. The minimum Gasteiger partial charge on any atom is -0.453 e. The number of rotatable bonds is 7. The predicted molar refractivity (Wildman–Crippen MR) is 172 cm³/mol. The fourth-order valence-electron chi connectivity index (χ4n) is 6.10. The molecule has 0 radical (unpaired) electrons. The third-order valence-electron chi connectivity index (χ3n) is 8.52. The lowest BCUT2D eigenvalue weighted by Crippen LogP contribution is -2.51. The van der Waals surface area contributed by atoms with E-state index in [0.29, 0.717) is 12.6 Å². The second-order valence-electron chi connectivity index (χ2n) is 12.0. The molecule has 0 saturated carbocycles. The van der Waals surface area contributed by atoms with Gasteiger partial charge in [0.15, 0.2) is 0 Å². The first kappa shape index (κ1) is 30.2. The molecule has 6 rings (SSSR count). The van der Waals surface area contributed by atoms with Crippen LogP contribution < -0.4 is 10.6 Å². The van der Waals surface area contributed by atoms with Crippen molar-refractivity contribution in [3.05, 3.63) is 83.7 Å². The Kier molecular flexibility index (Phi) is 8.98. The summed E-state index contributed by atoms with van der Waals surface area (Å²) in [6.07, 6.45) is 7.02. The average Bonchev–Trinajstić information content (AvgIpc) is 3.88. The summed E-state index contributed by atoms with van der Waals surface area (Å²) in [6, 6.07) is 15.6. The summed E-state index contributed by atoms with van der Waals surface area (Å²) >= 11 is 0. The van der Waals surface area contributed by atoms with Crippen molar-refractivity contribution in [1.82, 2.24) is 35.5 Å². The quantitative estimate of drug-likeness (QED) is 0.211. The van der Waals surface area contributed by atoms with E-state index in [0.717, 1.165) is 71.1 Å². The summed E-state index contributed by atoms with van der Waals surface area (Å²) in [5, 5.41) is 6.18. The Hall–Kier alpha value is -4.88. The number of benzene rings is 2. The topological polar surface area (TPSA) is 128 Å². The van der Waals surface area contributed by atoms with Crippen LogP contribution in [0.4, 0.5) is 4.79 Å². The highest BCUT2D eigenvalue weighted by atomic mass is 16.5. The smallest absolute Gasteiger partial charge is 0.407 e. The lowest BCUT2D eigenvalue weighted by Gasteiger charge is -2.30. The first-order valence-corrected chi connectivity index (χ1v) is 15.6. The number of hydrogen-bond donors (Lipinski definition) is 4. The molecule has 45 heavy (non-hydrogen) atoms. The van der Waals surface area contributed by atoms with Crippen LogP contribution in [-0.2, 0) is 9.53 Å². The molecule has 4 aromatic rings. The lowest BCUT2D eigenvalue weighted by molar-refractivity contribution is -0.135. The van der Waals surface area contributed by atoms with E-state index in [9.17, 15) is 9.59 Å². The number of H-pyrrole nitrogens is 2. The van der Waals surface area contributed by atoms with Crippen LogP contribution in [0.2, 0.25) is 0 Å². The Morgan fingerprint density at radius 2 is 1.58 bits per heavy atom. The monoisotopic (exact) mass is 605 g/mol. The van der Waals surface area contributed by atoms with E-state index in [4.69, 9.17) is 4.74 Å². The number of amides is 2. The zero-order valence-corrected chi connectivity index (χ0v) is 25.9. The van der Waals surface area contributed by atoms with Crippen LogP contribution in [0.5, 0.6) is 0 Å². The van der Waals surface area contributed by atoms with Gasteiger partial charge in [0, 0.05) is 28.8 Å². The number of hydrogen-bond acceptors (Lipinski definition) is 6. The summed E-state index contributed by atoms with van der Waals surface area (Å²) in [4.78, 5) is 43.4. The summed E-state index contributed by atoms with van der Waals surface area (Å²) in [7, 11) is 1.30. The number of ether oxygens (including phenoxy) is 1. The molecule has 10 heteroatoms. The number of carbonyl (C=O) groups excluding carboxylic acids is 2. The molecule has 4 heterocycles. The van der Waals surface area contributed by atoms with E-state index in [-0.39, 0.29) is 17.9 Å². The minimum absolute atomic E-state index is 0.0891. The van der Waals surface area contributed by atoms with Gasteiger partial charge < -0.3 is 30.2 Å². The molecule has 0 bridgehead atoms. The average molecular weight is 606 g/mol. The van der Waals surface area contributed by atoms with Crippen molar-refractivity contribution in [3.8, 4) is 34.4 Å². The molecule has 2 aliphatic rings. The van der Waals surface area contributed by atoms with Crippen molar-refractivity contribution in [2.45, 2.75) is 57.7 Å². The van der Waals surface area contributed by atoms with Gasteiger partial charge >= 0.3 is 6.09 Å². The van der Waals surface area contributed by atoms with E-state index in [1.165, 1.54) is 13.5 Å². The Labute approximate surface area is 263 Å². The lowest BCUT2D eigenvalue weighted by atomic mass is 10.0. The number of methoxy groups -OCH3 is 1. The summed E-state index contributed by atoms with van der Waals surface area (Å²) in [6.45, 7) is 5.46. The van der Waals surface area contributed by atoms with Crippen molar-refractivity contribution in [3.63, 3.8) is 0 Å². The molecule has 2 amide bonds. The molecule has 2 fully saturated rings. The molecule has 2 aromatic carbocycles. The number of aromatic amines is 2. The second kappa shape index (κ2) is 13.4. The van der Waals surface area contributed by atoms with Crippen LogP contribution in [-0.4, -0.2) is 63.1 Å². The van der Waals surface area contributed by atoms with Crippen LogP contribution in [0, 0.1) is 17.8 Å². The van der Waals surface area contributed by atoms with Gasteiger partial charge in [-0.2, -0.15) is 0 Å². The fraction of sp³-hybridized carbons (Fsp3) is 0.371. The molecule has 4 N–H and O–H groups in total. The maximum Gasteiger partial charge on any atom is 0.407 e. The third kappa shape index (κ3) is 6.79. The molecule has 232 valence electrons. The van der Waals surface area contributed by atoms with Gasteiger partial charge in [0.05, 0.1) is 43.0 Å². The number of nitrogens with one attached hydrogen (secondary N) is 4. The number of aromatic nitrogens is 4. The molecule has 2 aliphatic heterocycles. The Balaban J connectivity index is 1.16. The van der Waals surface area contributed by atoms with Crippen molar-refractivity contribution < 1.29 is 14.3 Å². The minimum atomic E-state index is -0.672. The van der Waals surface area contributed by atoms with Gasteiger partial charge in [-0.05, 0) is 62.4 Å². The van der Waals surface area contributed by atoms with Crippen LogP contribution >= 0.6 is 0 Å². The number of likely N-dealkylation sites (tertiary alicyclic amines) is 1. The normalized spacial score (nSPS) is 18.4. The first-order valence-electron chi connectivity index (χ1n) is 15.6. The number of carbonyl (C=O) groups is 2. The van der Waals surface area contributed by atoms with Crippen LogP contribution in [0.15, 0.2) is 60.9 Å². The van der Waals surface area contributed by atoms with E-state index in [2.05, 4.69) is 54.5 Å². The number of alkyl carbamates (subject to hydrolysis) is 1. The zero-order chi connectivity index (χ0) is 31.3. The molecular weight excluding hydrogens is 566 g/mol. The second-order valence-corrected chi connectivity index (χ2v) is 12.0. The third-order valence-corrected chi connectivity index (χ3v) is 8.52. The van der Waals surface area contributed by atoms with Crippen molar-refractivity contribution in [2.24, 2.45) is 5.92 Å². The van der Waals surface area contributed by atoms with Crippen molar-refractivity contribution in [2.75, 3.05) is 20.2 Å². The molecule has 3 atom stereocenters. The van der Waals surface area contributed by atoms with E-state index in [1.807, 2.05) is 61.3 Å². The van der Waals surface area contributed by atoms with Gasteiger partial charge in [-0.15, -0.1) is 0 Å².